The van der Waals surface area contributed by atoms with Crippen LogP contribution in [0.4, 0.5) is 0 Å². The van der Waals surface area contributed by atoms with E-state index in [-0.39, 0.29) is 12.3 Å². The molecule has 1 saturated carbocycles. The van der Waals surface area contributed by atoms with Crippen LogP contribution in [-0.4, -0.2) is 96.8 Å². The fourth-order valence-corrected chi connectivity index (χ4v) is 7.75. The summed E-state index contributed by atoms with van der Waals surface area (Å²) in [7, 11) is -5.07. The second-order valence-electron chi connectivity index (χ2n) is 15.2. The summed E-state index contributed by atoms with van der Waals surface area (Å²) in [5, 5.41) is 63.7. The topological polar surface area (TPSA) is 206 Å². The Morgan fingerprint density at radius 3 is 1.43 bits per heavy atom. The minimum Gasteiger partial charge on any atom is -0.387 e. The van der Waals surface area contributed by atoms with Gasteiger partial charge < -0.3 is 40.8 Å². The number of rotatable bonds is 34. The highest BCUT2D eigenvalue weighted by atomic mass is 31.2. The summed E-state index contributed by atoms with van der Waals surface area (Å²) < 4.78 is 22.8. The van der Waals surface area contributed by atoms with Gasteiger partial charge in [0.15, 0.2) is 0 Å². The van der Waals surface area contributed by atoms with E-state index in [1.165, 1.54) is 115 Å². The van der Waals surface area contributed by atoms with Crippen LogP contribution in [0.1, 0.15) is 181 Å². The van der Waals surface area contributed by atoms with Gasteiger partial charge in [-0.15, -0.1) is 0 Å². The molecule has 1 aliphatic rings. The van der Waals surface area contributed by atoms with Gasteiger partial charge in [-0.1, -0.05) is 167 Å². The van der Waals surface area contributed by atoms with E-state index in [4.69, 9.17) is 9.05 Å². The Labute approximate surface area is 320 Å². The number of hydrogen-bond donors (Lipinski definition) is 8. The van der Waals surface area contributed by atoms with E-state index in [1.807, 2.05) is 6.08 Å². The fraction of sp³-hybridized carbons (Fsp3) is 0.925. The Morgan fingerprint density at radius 2 is 1.00 bits per heavy atom. The number of allylic oxidation sites excluding steroid dienone is 1. The fourth-order valence-electron chi connectivity index (χ4n) is 6.78. The summed E-state index contributed by atoms with van der Waals surface area (Å²) in [6, 6.07) is -1.11. The van der Waals surface area contributed by atoms with Gasteiger partial charge in [-0.2, -0.15) is 0 Å². The normalized spacial score (nSPS) is 24.3. The highest BCUT2D eigenvalue weighted by molar-refractivity contribution is 7.47. The Balaban J connectivity index is 2.55. The summed E-state index contributed by atoms with van der Waals surface area (Å²) in [6.45, 7) is 3.81. The van der Waals surface area contributed by atoms with E-state index in [0.717, 1.165) is 44.9 Å². The highest BCUT2D eigenvalue weighted by Crippen LogP contribution is 2.47. The lowest BCUT2D eigenvalue weighted by molar-refractivity contribution is -0.220. The van der Waals surface area contributed by atoms with Gasteiger partial charge in [0, 0.05) is 6.42 Å². The molecule has 0 heterocycles. The minimum atomic E-state index is -5.07. The number of phosphoric acid groups is 1. The molecule has 0 radical (unpaired) electrons. The SMILES string of the molecule is CCCCCCCCCCCC/C=C/[C@@H](O)[C@H](COP(=O)(O)OC1C(O)C(O)C(O)[C@@H](O)C1O)NC(=O)CCCCCCCCCCCCCCCC. The van der Waals surface area contributed by atoms with Crippen LogP contribution in [0.5, 0.6) is 0 Å². The van der Waals surface area contributed by atoms with Crippen molar-refractivity contribution in [2.24, 2.45) is 0 Å². The lowest BCUT2D eigenvalue weighted by atomic mass is 9.85. The maximum Gasteiger partial charge on any atom is 0.472 e. The van der Waals surface area contributed by atoms with Crippen molar-refractivity contribution in [3.63, 3.8) is 0 Å². The molecule has 314 valence electrons. The molecule has 0 aliphatic heterocycles. The van der Waals surface area contributed by atoms with Crippen LogP contribution in [0.2, 0.25) is 0 Å². The van der Waals surface area contributed by atoms with Gasteiger partial charge in [0.25, 0.3) is 0 Å². The standard InChI is InChI=1S/C40H78NO11P/c1-3-5-7-9-11-13-15-17-18-20-22-24-26-28-30-34(43)41-32(33(42)29-27-25-23-21-19-16-14-12-10-8-6-4-2)31-51-53(49,50)52-40-38(47)36(45)35(44)37(46)39(40)48/h27,29,32-33,35-40,42,44-48H,3-26,28,30-31H2,1-2H3,(H,41,43)(H,49,50)/b29-27+/t32-,33+,35?,36+,37?,38?,39?,40?/m0/s1. The largest absolute Gasteiger partial charge is 0.472 e. The number of carbonyl (C=O) groups is 1. The summed E-state index contributed by atoms with van der Waals surface area (Å²) in [5.74, 6) is -0.341. The molecule has 8 N–H and O–H groups in total. The van der Waals surface area contributed by atoms with Gasteiger partial charge in [0.05, 0.1) is 18.8 Å². The third-order valence-electron chi connectivity index (χ3n) is 10.3. The number of unbranched alkanes of at least 4 members (excludes halogenated alkanes) is 23. The number of aliphatic hydroxyl groups excluding tert-OH is 6. The second kappa shape index (κ2) is 31.2. The zero-order valence-corrected chi connectivity index (χ0v) is 34.0. The van der Waals surface area contributed by atoms with Crippen LogP contribution in [0.15, 0.2) is 12.2 Å². The number of hydrogen-bond acceptors (Lipinski definition) is 10. The van der Waals surface area contributed by atoms with Crippen LogP contribution < -0.4 is 5.32 Å². The zero-order valence-electron chi connectivity index (χ0n) is 33.1. The number of phosphoric ester groups is 1. The van der Waals surface area contributed by atoms with Crippen LogP contribution in [0.3, 0.4) is 0 Å². The zero-order chi connectivity index (χ0) is 39.3. The lowest BCUT2D eigenvalue weighted by Gasteiger charge is -2.41. The Kier molecular flexibility index (Phi) is 29.5. The molecule has 0 bridgehead atoms. The Morgan fingerprint density at radius 1 is 0.623 bits per heavy atom. The van der Waals surface area contributed by atoms with E-state index in [2.05, 4.69) is 19.2 Å². The molecule has 1 aliphatic carbocycles. The van der Waals surface area contributed by atoms with Crippen molar-refractivity contribution in [3.05, 3.63) is 12.2 Å². The van der Waals surface area contributed by atoms with Gasteiger partial charge in [0.2, 0.25) is 5.91 Å². The predicted molar refractivity (Wildman–Crippen MR) is 209 cm³/mol. The molecular formula is C40H78NO11P. The number of nitrogens with one attached hydrogen (secondary N) is 1. The number of amides is 1. The number of carbonyl (C=O) groups excluding carboxylic acids is 1. The summed E-state index contributed by atoms with van der Waals surface area (Å²) in [4.78, 5) is 23.3. The van der Waals surface area contributed by atoms with Gasteiger partial charge in [0.1, 0.15) is 36.6 Å². The second-order valence-corrected chi connectivity index (χ2v) is 16.6. The first-order valence-corrected chi connectivity index (χ1v) is 22.6. The Hall–Kier alpha value is -0.920. The lowest BCUT2D eigenvalue weighted by Crippen LogP contribution is -2.64. The van der Waals surface area contributed by atoms with Crippen molar-refractivity contribution in [3.8, 4) is 0 Å². The van der Waals surface area contributed by atoms with E-state index >= 15 is 0 Å². The molecule has 1 rings (SSSR count). The maximum atomic E-state index is 12.9. The number of aliphatic hydroxyl groups is 6. The van der Waals surface area contributed by atoms with Gasteiger partial charge in [-0.05, 0) is 19.3 Å². The molecule has 9 atom stereocenters. The van der Waals surface area contributed by atoms with Crippen molar-refractivity contribution in [1.82, 2.24) is 5.32 Å². The average Bonchev–Trinajstić information content (AvgIpc) is 3.13. The molecule has 6 unspecified atom stereocenters. The van der Waals surface area contributed by atoms with Crippen molar-refractivity contribution in [2.75, 3.05) is 6.61 Å². The van der Waals surface area contributed by atoms with Gasteiger partial charge in [-0.3, -0.25) is 13.8 Å². The first kappa shape index (κ1) is 50.1. The van der Waals surface area contributed by atoms with Gasteiger partial charge >= 0.3 is 7.82 Å². The minimum absolute atomic E-state index is 0.218. The van der Waals surface area contributed by atoms with Crippen LogP contribution in [0.25, 0.3) is 0 Å². The summed E-state index contributed by atoms with van der Waals surface area (Å²) in [6.07, 6.45) is 20.0. The molecule has 13 heteroatoms. The van der Waals surface area contributed by atoms with Crippen molar-refractivity contribution in [1.29, 1.82) is 0 Å². The maximum absolute atomic E-state index is 12.9. The van der Waals surface area contributed by atoms with E-state index < -0.39 is 63.2 Å². The molecule has 0 aromatic rings. The molecule has 0 aromatic carbocycles. The molecule has 0 aromatic heterocycles. The smallest absolute Gasteiger partial charge is 0.387 e. The van der Waals surface area contributed by atoms with Gasteiger partial charge in [-0.25, -0.2) is 4.57 Å². The van der Waals surface area contributed by atoms with E-state index in [0.29, 0.717) is 6.42 Å². The third kappa shape index (κ3) is 23.7. The predicted octanol–water partition coefficient (Wildman–Crippen LogP) is 6.89. The van der Waals surface area contributed by atoms with E-state index in [1.54, 1.807) is 0 Å². The molecule has 1 fully saturated rings. The summed E-state index contributed by atoms with van der Waals surface area (Å²) in [5.41, 5.74) is 0. The molecule has 0 saturated heterocycles. The van der Waals surface area contributed by atoms with E-state index in [9.17, 15) is 44.9 Å². The average molecular weight is 780 g/mol. The molecule has 12 nitrogen and oxygen atoms in total. The van der Waals surface area contributed by atoms with Crippen molar-refractivity contribution >= 4 is 13.7 Å². The molecule has 1 amide bonds. The summed E-state index contributed by atoms with van der Waals surface area (Å²) >= 11 is 0. The van der Waals surface area contributed by atoms with Crippen LogP contribution >= 0.6 is 7.82 Å². The van der Waals surface area contributed by atoms with Crippen molar-refractivity contribution in [2.45, 2.75) is 230 Å². The Bertz CT molecular complexity index is 957. The molecular weight excluding hydrogens is 701 g/mol. The van der Waals surface area contributed by atoms with Crippen LogP contribution in [0, 0.1) is 0 Å². The highest BCUT2D eigenvalue weighted by Gasteiger charge is 2.51. The monoisotopic (exact) mass is 780 g/mol. The van der Waals surface area contributed by atoms with Crippen molar-refractivity contribution < 1.29 is 53.9 Å². The molecule has 53 heavy (non-hydrogen) atoms. The first-order valence-electron chi connectivity index (χ1n) is 21.1. The molecule has 0 spiro atoms. The van der Waals surface area contributed by atoms with Crippen LogP contribution in [-0.2, 0) is 18.4 Å². The quantitative estimate of drug-likeness (QED) is 0.0192. The third-order valence-corrected chi connectivity index (χ3v) is 11.3. The first-order chi connectivity index (χ1) is 25.4.